The highest BCUT2D eigenvalue weighted by Gasteiger charge is 2.20. The number of carbonyl (C=O) groups is 1. The average Bonchev–Trinajstić information content (AvgIpc) is 2.97. The number of hydrogen-bond acceptors (Lipinski definition) is 4. The molecule has 0 saturated heterocycles. The highest BCUT2D eigenvalue weighted by atomic mass is 32.2. The molecule has 0 aliphatic carbocycles. The molecule has 1 aromatic heterocycles. The van der Waals surface area contributed by atoms with Gasteiger partial charge in [0.1, 0.15) is 5.82 Å². The maximum absolute atomic E-state index is 12.4. The van der Waals surface area contributed by atoms with Crippen LogP contribution in [0.4, 0.5) is 5.69 Å². The fourth-order valence-corrected chi connectivity index (χ4v) is 3.30. The second-order valence-electron chi connectivity index (χ2n) is 5.82. The van der Waals surface area contributed by atoms with Gasteiger partial charge in [-0.2, -0.15) is 0 Å². The van der Waals surface area contributed by atoms with Gasteiger partial charge in [-0.15, -0.1) is 10.2 Å². The van der Waals surface area contributed by atoms with E-state index in [1.165, 1.54) is 17.3 Å². The van der Waals surface area contributed by atoms with Gasteiger partial charge in [0.05, 0.1) is 5.25 Å². The van der Waals surface area contributed by atoms with Crippen molar-refractivity contribution in [2.75, 3.05) is 5.32 Å². The number of carbonyl (C=O) groups excluding carboxylic acids is 1. The second kappa shape index (κ2) is 7.53. The number of anilines is 1. The van der Waals surface area contributed by atoms with E-state index in [1.807, 2.05) is 60.9 Å². The zero-order valence-electron chi connectivity index (χ0n) is 14.4. The topological polar surface area (TPSA) is 59.8 Å². The molecule has 5 nitrogen and oxygen atoms in total. The first-order valence-electron chi connectivity index (χ1n) is 8.06. The van der Waals surface area contributed by atoms with E-state index in [0.717, 1.165) is 17.2 Å². The summed E-state index contributed by atoms with van der Waals surface area (Å²) < 4.78 is 1.97. The van der Waals surface area contributed by atoms with Crippen molar-refractivity contribution in [2.24, 2.45) is 0 Å². The molecule has 1 heterocycles. The summed E-state index contributed by atoms with van der Waals surface area (Å²) in [7, 11) is 0. The minimum atomic E-state index is -0.298. The Morgan fingerprint density at radius 1 is 1.04 bits per heavy atom. The van der Waals surface area contributed by atoms with Crippen LogP contribution in [-0.4, -0.2) is 25.9 Å². The Balaban J connectivity index is 1.77. The standard InChI is InChI=1S/C19H20N4OS/c1-13-9-11-17(12-10-13)23-15(3)21-22-19(23)25-14(2)18(24)20-16-7-5-4-6-8-16/h4-12,14H,1-3H3,(H,20,24)/t14-/m0/s1. The molecule has 0 spiro atoms. The third-order valence-electron chi connectivity index (χ3n) is 3.78. The number of hydrogen-bond donors (Lipinski definition) is 1. The van der Waals surface area contributed by atoms with Crippen LogP contribution in [-0.2, 0) is 4.79 Å². The summed E-state index contributed by atoms with van der Waals surface area (Å²) in [6.45, 7) is 5.83. The number of para-hydroxylation sites is 1. The number of aryl methyl sites for hydroxylation is 2. The lowest BCUT2D eigenvalue weighted by atomic mass is 10.2. The molecule has 1 amide bonds. The van der Waals surface area contributed by atoms with Crippen LogP contribution in [0.5, 0.6) is 0 Å². The molecule has 128 valence electrons. The molecule has 0 fully saturated rings. The van der Waals surface area contributed by atoms with Gasteiger partial charge in [-0.25, -0.2) is 0 Å². The fraction of sp³-hybridized carbons (Fsp3) is 0.211. The van der Waals surface area contributed by atoms with E-state index < -0.39 is 0 Å². The Morgan fingerprint density at radius 3 is 2.40 bits per heavy atom. The summed E-state index contributed by atoms with van der Waals surface area (Å²) in [6, 6.07) is 17.6. The van der Waals surface area contributed by atoms with Crippen molar-refractivity contribution in [1.29, 1.82) is 0 Å². The number of rotatable bonds is 5. The maximum atomic E-state index is 12.4. The van der Waals surface area contributed by atoms with E-state index in [2.05, 4.69) is 34.6 Å². The van der Waals surface area contributed by atoms with Gasteiger partial charge in [-0.3, -0.25) is 9.36 Å². The third kappa shape index (κ3) is 4.09. The van der Waals surface area contributed by atoms with Gasteiger partial charge >= 0.3 is 0 Å². The lowest BCUT2D eigenvalue weighted by Crippen LogP contribution is -2.22. The molecule has 2 aromatic carbocycles. The molecule has 3 rings (SSSR count). The van der Waals surface area contributed by atoms with Crippen LogP contribution >= 0.6 is 11.8 Å². The van der Waals surface area contributed by atoms with Crippen LogP contribution in [0.1, 0.15) is 18.3 Å². The van der Waals surface area contributed by atoms with Crippen LogP contribution in [0.3, 0.4) is 0 Å². The Labute approximate surface area is 151 Å². The van der Waals surface area contributed by atoms with E-state index in [4.69, 9.17) is 0 Å². The van der Waals surface area contributed by atoms with E-state index in [1.54, 1.807) is 0 Å². The SMILES string of the molecule is Cc1ccc(-n2c(C)nnc2S[C@@H](C)C(=O)Nc2ccccc2)cc1. The number of nitrogens with zero attached hydrogens (tertiary/aromatic N) is 3. The normalized spacial score (nSPS) is 12.0. The summed E-state index contributed by atoms with van der Waals surface area (Å²) in [5, 5.41) is 11.7. The number of nitrogens with one attached hydrogen (secondary N) is 1. The fourth-order valence-electron chi connectivity index (χ4n) is 2.39. The maximum Gasteiger partial charge on any atom is 0.237 e. The number of amides is 1. The highest BCUT2D eigenvalue weighted by molar-refractivity contribution is 8.00. The molecule has 0 aliphatic rings. The lowest BCUT2D eigenvalue weighted by Gasteiger charge is -2.13. The summed E-state index contributed by atoms with van der Waals surface area (Å²) in [4.78, 5) is 12.4. The summed E-state index contributed by atoms with van der Waals surface area (Å²) in [5.74, 6) is 0.731. The van der Waals surface area contributed by atoms with Crippen molar-refractivity contribution in [3.8, 4) is 5.69 Å². The zero-order valence-corrected chi connectivity index (χ0v) is 15.2. The summed E-state index contributed by atoms with van der Waals surface area (Å²) in [6.07, 6.45) is 0. The molecule has 6 heteroatoms. The summed E-state index contributed by atoms with van der Waals surface area (Å²) in [5.41, 5.74) is 2.97. The quantitative estimate of drug-likeness (QED) is 0.705. The third-order valence-corrected chi connectivity index (χ3v) is 4.82. The van der Waals surface area contributed by atoms with Gasteiger partial charge in [-0.1, -0.05) is 47.7 Å². The van der Waals surface area contributed by atoms with Crippen LogP contribution < -0.4 is 5.32 Å². The lowest BCUT2D eigenvalue weighted by molar-refractivity contribution is -0.115. The zero-order chi connectivity index (χ0) is 17.8. The van der Waals surface area contributed by atoms with Crippen molar-refractivity contribution in [2.45, 2.75) is 31.2 Å². The monoisotopic (exact) mass is 352 g/mol. The Hall–Kier alpha value is -2.60. The molecular formula is C19H20N4OS. The molecule has 25 heavy (non-hydrogen) atoms. The molecule has 0 aliphatic heterocycles. The Morgan fingerprint density at radius 2 is 1.72 bits per heavy atom. The Bertz CT molecular complexity index is 859. The number of aromatic nitrogens is 3. The highest BCUT2D eigenvalue weighted by Crippen LogP contribution is 2.26. The first kappa shape index (κ1) is 17.2. The van der Waals surface area contributed by atoms with Crippen LogP contribution in [0.25, 0.3) is 5.69 Å². The molecule has 0 bridgehead atoms. The van der Waals surface area contributed by atoms with Gasteiger partial charge in [0.25, 0.3) is 0 Å². The molecular weight excluding hydrogens is 332 g/mol. The minimum Gasteiger partial charge on any atom is -0.325 e. The number of thioether (sulfide) groups is 1. The van der Waals surface area contributed by atoms with Crippen molar-refractivity contribution < 1.29 is 4.79 Å². The molecule has 0 radical (unpaired) electrons. The van der Waals surface area contributed by atoms with Crippen LogP contribution in [0.2, 0.25) is 0 Å². The van der Waals surface area contributed by atoms with Crippen molar-refractivity contribution in [3.05, 3.63) is 66.0 Å². The minimum absolute atomic E-state index is 0.0627. The molecule has 0 saturated carbocycles. The van der Waals surface area contributed by atoms with E-state index in [9.17, 15) is 4.79 Å². The Kier molecular flexibility index (Phi) is 5.19. The van der Waals surface area contributed by atoms with E-state index in [-0.39, 0.29) is 11.2 Å². The molecule has 3 aromatic rings. The molecule has 1 N–H and O–H groups in total. The van der Waals surface area contributed by atoms with Gasteiger partial charge < -0.3 is 5.32 Å². The largest absolute Gasteiger partial charge is 0.325 e. The van der Waals surface area contributed by atoms with Crippen molar-refractivity contribution in [3.63, 3.8) is 0 Å². The van der Waals surface area contributed by atoms with Gasteiger partial charge in [0, 0.05) is 11.4 Å². The molecule has 0 unspecified atom stereocenters. The van der Waals surface area contributed by atoms with Crippen molar-refractivity contribution in [1.82, 2.24) is 14.8 Å². The van der Waals surface area contributed by atoms with E-state index in [0.29, 0.717) is 5.16 Å². The summed E-state index contributed by atoms with van der Waals surface area (Å²) >= 11 is 1.39. The second-order valence-corrected chi connectivity index (χ2v) is 7.12. The predicted octanol–water partition coefficient (Wildman–Crippen LogP) is 4.00. The number of benzene rings is 2. The van der Waals surface area contributed by atoms with Crippen molar-refractivity contribution >= 4 is 23.4 Å². The first-order chi connectivity index (χ1) is 12.0. The van der Waals surface area contributed by atoms with E-state index >= 15 is 0 Å². The van der Waals surface area contributed by atoms with Crippen LogP contribution in [0, 0.1) is 13.8 Å². The molecule has 1 atom stereocenters. The smallest absolute Gasteiger partial charge is 0.237 e. The van der Waals surface area contributed by atoms with Crippen LogP contribution in [0.15, 0.2) is 59.8 Å². The predicted molar refractivity (Wildman–Crippen MR) is 101 cm³/mol. The average molecular weight is 352 g/mol. The van der Waals surface area contributed by atoms with Gasteiger partial charge in [-0.05, 0) is 45.0 Å². The van der Waals surface area contributed by atoms with Gasteiger partial charge in [0.2, 0.25) is 5.91 Å². The first-order valence-corrected chi connectivity index (χ1v) is 8.94. The van der Waals surface area contributed by atoms with Gasteiger partial charge in [0.15, 0.2) is 5.16 Å².